The van der Waals surface area contributed by atoms with Crippen LogP contribution in [0.15, 0.2) is 0 Å². The molecule has 3 aliphatic carbocycles. The molecule has 0 unspecified atom stereocenters. The topological polar surface area (TPSA) is 78.1 Å². The second kappa shape index (κ2) is 13.9. The van der Waals surface area contributed by atoms with Crippen LogP contribution in [0.3, 0.4) is 0 Å². The highest BCUT2D eigenvalue weighted by Gasteiger charge is 2.47. The van der Waals surface area contributed by atoms with Gasteiger partial charge in [-0.1, -0.05) is 48.0 Å². The first kappa shape index (κ1) is 32.6. The Morgan fingerprint density at radius 3 is 1.51 bits per heavy atom. The van der Waals surface area contributed by atoms with Crippen LogP contribution >= 0.6 is 0 Å². The van der Waals surface area contributed by atoms with Gasteiger partial charge in [0.05, 0.1) is 6.04 Å². The molecule has 0 spiro atoms. The van der Waals surface area contributed by atoms with Gasteiger partial charge in [-0.3, -0.25) is 0 Å². The highest BCUT2D eigenvalue weighted by atomic mass is 19.3. The minimum Gasteiger partial charge on any atom is -0.327 e. The van der Waals surface area contributed by atoms with Gasteiger partial charge in [0.15, 0.2) is 0 Å². The van der Waals surface area contributed by atoms with E-state index in [2.05, 4.69) is 13.8 Å². The first-order chi connectivity index (χ1) is 16.0. The Labute approximate surface area is 210 Å². The zero-order valence-corrected chi connectivity index (χ0v) is 22.8. The molecule has 3 aliphatic rings. The molecule has 3 rings (SSSR count). The van der Waals surface area contributed by atoms with Crippen molar-refractivity contribution in [2.45, 2.75) is 135 Å². The number of halogens is 5. The lowest BCUT2D eigenvalue weighted by Gasteiger charge is -2.38. The van der Waals surface area contributed by atoms with Crippen LogP contribution < -0.4 is 17.2 Å². The number of alkyl halides is 5. The maximum absolute atomic E-state index is 13.3. The van der Waals surface area contributed by atoms with E-state index in [0.717, 1.165) is 25.7 Å². The van der Waals surface area contributed by atoms with Gasteiger partial charge in [-0.2, -0.15) is 0 Å². The van der Waals surface area contributed by atoms with Crippen molar-refractivity contribution in [3.63, 3.8) is 0 Å². The fourth-order valence-corrected chi connectivity index (χ4v) is 6.18. The maximum Gasteiger partial charge on any atom is 0.263 e. The zero-order valence-electron chi connectivity index (χ0n) is 22.8. The Morgan fingerprint density at radius 2 is 1.11 bits per heavy atom. The van der Waals surface area contributed by atoms with Gasteiger partial charge in [0, 0.05) is 30.8 Å². The smallest absolute Gasteiger partial charge is 0.263 e. The molecule has 3 nitrogen and oxygen atoms in total. The SMILES string of the molecule is CC(C)[C@@H]1CCCC(F)(F)[C@@H]1N.CC(C)[C@@H]1CCC[C@@H](F)[C@@H]1N.CC(C)[C@H]1[C@@H](N)CCCC1(F)F. The number of hydrogen-bond acceptors (Lipinski definition) is 3. The average Bonchev–Trinajstić information content (AvgIpc) is 2.71. The lowest BCUT2D eigenvalue weighted by atomic mass is 9.75. The van der Waals surface area contributed by atoms with Crippen LogP contribution in [0.5, 0.6) is 0 Å². The molecule has 210 valence electrons. The van der Waals surface area contributed by atoms with Crippen molar-refractivity contribution in [1.29, 1.82) is 0 Å². The van der Waals surface area contributed by atoms with E-state index in [-0.39, 0.29) is 42.7 Å². The fraction of sp³-hybridized carbons (Fsp3) is 1.00. The van der Waals surface area contributed by atoms with Crippen LogP contribution in [0.1, 0.15) is 99.3 Å². The molecule has 0 aliphatic heterocycles. The highest BCUT2D eigenvalue weighted by Crippen LogP contribution is 2.42. The van der Waals surface area contributed by atoms with E-state index in [4.69, 9.17) is 17.2 Å². The van der Waals surface area contributed by atoms with Crippen LogP contribution in [-0.4, -0.2) is 36.1 Å². The molecule has 35 heavy (non-hydrogen) atoms. The summed E-state index contributed by atoms with van der Waals surface area (Å²) in [6, 6.07) is -1.44. The van der Waals surface area contributed by atoms with Crippen LogP contribution in [0.4, 0.5) is 22.0 Å². The molecule has 0 amide bonds. The van der Waals surface area contributed by atoms with Crippen LogP contribution in [-0.2, 0) is 0 Å². The van der Waals surface area contributed by atoms with Crippen molar-refractivity contribution in [2.75, 3.05) is 0 Å². The second-order valence-corrected chi connectivity index (χ2v) is 12.1. The largest absolute Gasteiger partial charge is 0.327 e. The average molecular weight is 514 g/mol. The Balaban J connectivity index is 0.000000263. The minimum atomic E-state index is -2.63. The quantitative estimate of drug-likeness (QED) is 0.359. The standard InChI is InChI=1S/2C9H17F2N.C9H18FN/c1-6(2)8-7(12)4-3-5-9(8,10)11;1-6(2)7-4-3-5-9(10,11)8(7)12;1-6(2)7-4-3-5-8(10)9(7)11/h2*6-8H,3-5,12H2,1-2H3;6-9H,3-5,11H2,1-2H3/t7-,8-;7-,8+;7-,8+,9+/m000/s1. The van der Waals surface area contributed by atoms with Gasteiger partial charge < -0.3 is 17.2 Å². The molecule has 0 aromatic rings. The van der Waals surface area contributed by atoms with Gasteiger partial charge in [-0.05, 0) is 68.1 Å². The first-order valence-electron chi connectivity index (χ1n) is 13.7. The molecular weight excluding hydrogens is 461 g/mol. The van der Waals surface area contributed by atoms with Crippen molar-refractivity contribution in [1.82, 2.24) is 0 Å². The Hall–Kier alpha value is -0.470. The first-order valence-corrected chi connectivity index (χ1v) is 13.7. The van der Waals surface area contributed by atoms with Crippen LogP contribution in [0, 0.1) is 35.5 Å². The third kappa shape index (κ3) is 9.41. The van der Waals surface area contributed by atoms with Crippen molar-refractivity contribution < 1.29 is 22.0 Å². The van der Waals surface area contributed by atoms with E-state index in [9.17, 15) is 22.0 Å². The third-order valence-corrected chi connectivity index (χ3v) is 8.35. The van der Waals surface area contributed by atoms with Crippen LogP contribution in [0.2, 0.25) is 0 Å². The summed E-state index contributed by atoms with van der Waals surface area (Å²) >= 11 is 0. The van der Waals surface area contributed by atoms with Gasteiger partial charge >= 0.3 is 0 Å². The fourth-order valence-electron chi connectivity index (χ4n) is 6.18. The molecule has 0 aromatic heterocycles. The van der Waals surface area contributed by atoms with E-state index in [0.29, 0.717) is 31.1 Å². The summed E-state index contributed by atoms with van der Waals surface area (Å²) in [5.41, 5.74) is 16.9. The molecule has 3 saturated carbocycles. The summed E-state index contributed by atoms with van der Waals surface area (Å²) in [5.74, 6) is -4.61. The van der Waals surface area contributed by atoms with Crippen molar-refractivity contribution >= 4 is 0 Å². The summed E-state index contributed by atoms with van der Waals surface area (Å²) in [5, 5.41) is 0. The Bertz CT molecular complexity index is 599. The van der Waals surface area contributed by atoms with Crippen molar-refractivity contribution in [3.8, 4) is 0 Å². The van der Waals surface area contributed by atoms with Gasteiger partial charge in [0.2, 0.25) is 0 Å². The van der Waals surface area contributed by atoms with Gasteiger partial charge in [-0.15, -0.1) is 0 Å². The Kier molecular flexibility index (Phi) is 12.9. The second-order valence-electron chi connectivity index (χ2n) is 12.1. The van der Waals surface area contributed by atoms with E-state index in [1.54, 1.807) is 0 Å². The molecule has 8 heteroatoms. The zero-order chi connectivity index (χ0) is 27.1. The molecule has 0 heterocycles. The molecule has 3 fully saturated rings. The molecule has 0 radical (unpaired) electrons. The summed E-state index contributed by atoms with van der Waals surface area (Å²) < 4.78 is 65.8. The molecule has 7 atom stereocenters. The predicted octanol–water partition coefficient (Wildman–Crippen LogP) is 6.92. The molecular formula is C27H52F5N3. The summed E-state index contributed by atoms with van der Waals surface area (Å²) in [7, 11) is 0. The van der Waals surface area contributed by atoms with E-state index < -0.39 is 30.0 Å². The number of nitrogens with two attached hydrogens (primary N) is 3. The van der Waals surface area contributed by atoms with Crippen LogP contribution in [0.25, 0.3) is 0 Å². The molecule has 0 bridgehead atoms. The summed E-state index contributed by atoms with van der Waals surface area (Å²) in [6.45, 7) is 11.8. The monoisotopic (exact) mass is 513 g/mol. The van der Waals surface area contributed by atoms with E-state index in [1.165, 1.54) is 0 Å². The molecule has 0 saturated heterocycles. The Morgan fingerprint density at radius 1 is 0.629 bits per heavy atom. The minimum absolute atomic E-state index is 0.00579. The van der Waals surface area contributed by atoms with E-state index in [1.807, 2.05) is 27.7 Å². The molecule has 6 N–H and O–H groups in total. The normalized spacial score (nSPS) is 36.8. The molecule has 0 aromatic carbocycles. The van der Waals surface area contributed by atoms with E-state index >= 15 is 0 Å². The third-order valence-electron chi connectivity index (χ3n) is 8.35. The number of hydrogen-bond donors (Lipinski definition) is 3. The lowest BCUT2D eigenvalue weighted by Crippen LogP contribution is -2.50. The predicted molar refractivity (Wildman–Crippen MR) is 135 cm³/mol. The number of rotatable bonds is 3. The lowest BCUT2D eigenvalue weighted by molar-refractivity contribution is -0.109. The summed E-state index contributed by atoms with van der Waals surface area (Å²) in [4.78, 5) is 0. The summed E-state index contributed by atoms with van der Waals surface area (Å²) in [6.07, 6.45) is 4.81. The maximum atomic E-state index is 13.3. The van der Waals surface area contributed by atoms with Gasteiger partial charge in [0.25, 0.3) is 11.8 Å². The van der Waals surface area contributed by atoms with Crippen molar-refractivity contribution in [3.05, 3.63) is 0 Å². The van der Waals surface area contributed by atoms with Gasteiger partial charge in [-0.25, -0.2) is 22.0 Å². The highest BCUT2D eigenvalue weighted by molar-refractivity contribution is 4.92. The van der Waals surface area contributed by atoms with Gasteiger partial charge in [0.1, 0.15) is 6.17 Å². The van der Waals surface area contributed by atoms with Crippen molar-refractivity contribution in [2.24, 2.45) is 52.7 Å².